The molecule has 0 saturated carbocycles. The van der Waals surface area contributed by atoms with Crippen molar-refractivity contribution >= 4 is 16.8 Å². The van der Waals surface area contributed by atoms with Crippen LogP contribution in [0.1, 0.15) is 40.0 Å². The number of nitrogens with two attached hydrogens (primary N) is 1. The number of carbonyl (C=O) groups is 1. The van der Waals surface area contributed by atoms with E-state index in [1.54, 1.807) is 6.07 Å². The zero-order valence-corrected chi connectivity index (χ0v) is 16.4. The number of hydrogen-bond donors (Lipinski definition) is 1. The number of hydrogen-bond acceptors (Lipinski definition) is 4. The number of amides is 1. The molecular weight excluding hydrogens is 366 g/mol. The fraction of sp³-hybridized carbons (Fsp3) is 0.304. The van der Waals surface area contributed by atoms with E-state index < -0.39 is 5.91 Å². The first-order valence-corrected chi connectivity index (χ1v) is 9.74. The number of primary amides is 1. The number of methoxy groups -OCH3 is 1. The summed E-state index contributed by atoms with van der Waals surface area (Å²) in [6.07, 6.45) is 4.00. The van der Waals surface area contributed by atoms with Gasteiger partial charge in [-0.25, -0.2) is 0 Å². The molecule has 4 rings (SSSR count). The van der Waals surface area contributed by atoms with E-state index in [0.717, 1.165) is 42.1 Å². The lowest BCUT2D eigenvalue weighted by Gasteiger charge is -2.17. The van der Waals surface area contributed by atoms with Gasteiger partial charge in [-0.1, -0.05) is 30.3 Å². The average Bonchev–Trinajstić information content (AvgIpc) is 3.06. The zero-order chi connectivity index (χ0) is 20.4. The number of aromatic nitrogens is 1. The van der Waals surface area contributed by atoms with Crippen LogP contribution in [0.4, 0.5) is 0 Å². The number of nitriles is 1. The summed E-state index contributed by atoms with van der Waals surface area (Å²) in [4.78, 5) is 12.5. The molecule has 0 radical (unpaired) electrons. The maximum Gasteiger partial charge on any atom is 0.254 e. The van der Waals surface area contributed by atoms with Crippen molar-refractivity contribution in [3.05, 3.63) is 58.8 Å². The van der Waals surface area contributed by atoms with Gasteiger partial charge in [-0.2, -0.15) is 5.26 Å². The quantitative estimate of drug-likeness (QED) is 0.698. The molecule has 0 fully saturated rings. The van der Waals surface area contributed by atoms with Crippen molar-refractivity contribution in [3.63, 3.8) is 0 Å². The number of aryl methyl sites for hydroxylation is 1. The molecule has 6 heteroatoms. The maximum atomic E-state index is 12.5. The summed E-state index contributed by atoms with van der Waals surface area (Å²) in [5.41, 5.74) is 10.4. The molecule has 0 atom stereocenters. The molecule has 3 aromatic rings. The Kier molecular flexibility index (Phi) is 5.13. The van der Waals surface area contributed by atoms with Crippen LogP contribution in [-0.2, 0) is 19.4 Å². The highest BCUT2D eigenvalue weighted by molar-refractivity contribution is 6.11. The number of benzene rings is 2. The SMILES string of the molecule is COc1cc(OCC#N)c2c3c(n(Cc4ccccc4)c2c1C(N)=O)CCCC3. The second-order valence-electron chi connectivity index (χ2n) is 7.19. The lowest BCUT2D eigenvalue weighted by molar-refractivity contribution is 0.0998. The van der Waals surface area contributed by atoms with Crippen LogP contribution in [0.15, 0.2) is 36.4 Å². The molecule has 0 unspecified atom stereocenters. The summed E-state index contributed by atoms with van der Waals surface area (Å²) >= 11 is 0. The van der Waals surface area contributed by atoms with Crippen molar-refractivity contribution in [2.24, 2.45) is 5.73 Å². The molecule has 0 spiro atoms. The first-order chi connectivity index (χ1) is 14.2. The summed E-state index contributed by atoms with van der Waals surface area (Å²) in [5.74, 6) is 0.387. The highest BCUT2D eigenvalue weighted by Crippen LogP contribution is 2.43. The fourth-order valence-electron chi connectivity index (χ4n) is 4.34. The minimum absolute atomic E-state index is 0.0766. The van der Waals surface area contributed by atoms with Gasteiger partial charge in [-0.05, 0) is 36.8 Å². The molecule has 1 heterocycles. The van der Waals surface area contributed by atoms with Crippen LogP contribution in [-0.4, -0.2) is 24.2 Å². The van der Waals surface area contributed by atoms with E-state index in [-0.39, 0.29) is 6.61 Å². The predicted octanol–water partition coefficient (Wildman–Crippen LogP) is 3.58. The topological polar surface area (TPSA) is 90.3 Å². The third-order valence-electron chi connectivity index (χ3n) is 5.51. The van der Waals surface area contributed by atoms with Crippen LogP contribution in [0.25, 0.3) is 10.9 Å². The second-order valence-corrected chi connectivity index (χ2v) is 7.19. The Morgan fingerprint density at radius 1 is 1.21 bits per heavy atom. The van der Waals surface area contributed by atoms with Crippen molar-refractivity contribution in [1.82, 2.24) is 4.57 Å². The van der Waals surface area contributed by atoms with Crippen molar-refractivity contribution in [2.45, 2.75) is 32.2 Å². The van der Waals surface area contributed by atoms with Crippen molar-refractivity contribution in [3.8, 4) is 17.6 Å². The van der Waals surface area contributed by atoms with E-state index >= 15 is 0 Å². The molecule has 0 saturated heterocycles. The normalized spacial score (nSPS) is 13.0. The van der Waals surface area contributed by atoms with E-state index in [1.807, 2.05) is 24.3 Å². The minimum Gasteiger partial charge on any atom is -0.496 e. The summed E-state index contributed by atoms with van der Waals surface area (Å²) in [6, 6.07) is 13.8. The zero-order valence-electron chi connectivity index (χ0n) is 16.4. The van der Waals surface area contributed by atoms with Gasteiger partial charge in [-0.3, -0.25) is 4.79 Å². The molecular formula is C23H23N3O3. The number of nitrogens with zero attached hydrogens (tertiary/aromatic N) is 2. The van der Waals surface area contributed by atoms with E-state index in [4.69, 9.17) is 20.5 Å². The van der Waals surface area contributed by atoms with Crippen LogP contribution in [0.3, 0.4) is 0 Å². The van der Waals surface area contributed by atoms with E-state index in [1.165, 1.54) is 18.4 Å². The molecule has 2 aromatic carbocycles. The summed E-state index contributed by atoms with van der Waals surface area (Å²) in [5, 5.41) is 9.90. The Labute approximate surface area is 169 Å². The van der Waals surface area contributed by atoms with Crippen molar-refractivity contribution in [1.29, 1.82) is 5.26 Å². The Bertz CT molecular complexity index is 1110. The van der Waals surface area contributed by atoms with Crippen LogP contribution in [0, 0.1) is 11.3 Å². The predicted molar refractivity (Wildman–Crippen MR) is 110 cm³/mol. The molecule has 1 aromatic heterocycles. The third kappa shape index (κ3) is 3.29. The van der Waals surface area contributed by atoms with Crippen molar-refractivity contribution < 1.29 is 14.3 Å². The largest absolute Gasteiger partial charge is 0.496 e. The van der Waals surface area contributed by atoms with Gasteiger partial charge in [0.05, 0.1) is 12.6 Å². The highest BCUT2D eigenvalue weighted by atomic mass is 16.5. The molecule has 2 N–H and O–H groups in total. The summed E-state index contributed by atoms with van der Waals surface area (Å²) < 4.78 is 13.4. The monoisotopic (exact) mass is 389 g/mol. The second kappa shape index (κ2) is 7.88. The van der Waals surface area contributed by atoms with Gasteiger partial charge in [0.25, 0.3) is 5.91 Å². The standard InChI is InChI=1S/C23H23N3O3/c1-28-18-13-19(29-12-11-24)20-16-9-5-6-10-17(16)26(22(20)21(18)23(25)27)14-15-7-3-2-4-8-15/h2-4,7-8,13H,5-6,9-10,12,14H2,1H3,(H2,25,27). The molecule has 1 aliphatic rings. The van der Waals surface area contributed by atoms with Crippen molar-refractivity contribution in [2.75, 3.05) is 13.7 Å². The number of rotatable bonds is 6. The lowest BCUT2D eigenvalue weighted by Crippen LogP contribution is -2.16. The van der Waals surface area contributed by atoms with Crippen LogP contribution >= 0.6 is 0 Å². The van der Waals surface area contributed by atoms with E-state index in [9.17, 15) is 4.79 Å². The maximum absolute atomic E-state index is 12.5. The van der Waals surface area contributed by atoms with E-state index in [2.05, 4.69) is 16.7 Å². The first kappa shape index (κ1) is 18.9. The molecule has 0 aliphatic heterocycles. The Morgan fingerprint density at radius 3 is 2.66 bits per heavy atom. The fourth-order valence-corrected chi connectivity index (χ4v) is 4.34. The molecule has 6 nitrogen and oxygen atoms in total. The molecule has 1 amide bonds. The smallest absolute Gasteiger partial charge is 0.254 e. The van der Waals surface area contributed by atoms with E-state index in [0.29, 0.717) is 23.6 Å². The lowest BCUT2D eigenvalue weighted by atomic mass is 9.94. The summed E-state index contributed by atoms with van der Waals surface area (Å²) in [6.45, 7) is 0.546. The number of ether oxygens (including phenoxy) is 2. The van der Waals surface area contributed by atoms with Gasteiger partial charge in [-0.15, -0.1) is 0 Å². The number of carbonyl (C=O) groups excluding carboxylic acids is 1. The van der Waals surface area contributed by atoms with Gasteiger partial charge >= 0.3 is 0 Å². The minimum atomic E-state index is -0.539. The van der Waals surface area contributed by atoms with Crippen LogP contribution in [0.2, 0.25) is 0 Å². The number of fused-ring (bicyclic) bond motifs is 3. The van der Waals surface area contributed by atoms with Crippen LogP contribution in [0.5, 0.6) is 11.5 Å². The van der Waals surface area contributed by atoms with Gasteiger partial charge in [0.15, 0.2) is 6.61 Å². The van der Waals surface area contributed by atoms with Gasteiger partial charge < -0.3 is 19.8 Å². The molecule has 1 aliphatic carbocycles. The average molecular weight is 389 g/mol. The molecule has 148 valence electrons. The van der Waals surface area contributed by atoms with Gasteiger partial charge in [0, 0.05) is 23.7 Å². The van der Waals surface area contributed by atoms with Crippen LogP contribution < -0.4 is 15.2 Å². The molecule has 29 heavy (non-hydrogen) atoms. The highest BCUT2D eigenvalue weighted by Gasteiger charge is 2.29. The van der Waals surface area contributed by atoms with Gasteiger partial charge in [0.2, 0.25) is 0 Å². The Balaban J connectivity index is 2.07. The Morgan fingerprint density at radius 2 is 1.97 bits per heavy atom. The Hall–Kier alpha value is -3.46. The summed E-state index contributed by atoms with van der Waals surface area (Å²) in [7, 11) is 1.51. The molecule has 0 bridgehead atoms. The van der Waals surface area contributed by atoms with Gasteiger partial charge in [0.1, 0.15) is 23.1 Å². The third-order valence-corrected chi connectivity index (χ3v) is 5.51. The first-order valence-electron chi connectivity index (χ1n) is 9.74.